The van der Waals surface area contributed by atoms with Gasteiger partial charge in [-0.2, -0.15) is 13.2 Å². The van der Waals surface area contributed by atoms with Gasteiger partial charge in [0.1, 0.15) is 5.69 Å². The van der Waals surface area contributed by atoms with Crippen LogP contribution in [-0.2, 0) is 11.8 Å². The van der Waals surface area contributed by atoms with Crippen LogP contribution < -0.4 is 0 Å². The summed E-state index contributed by atoms with van der Waals surface area (Å²) in [6, 6.07) is 1.33. The Morgan fingerprint density at radius 1 is 1.43 bits per heavy atom. The number of carboxylic acids is 1. The first kappa shape index (κ1) is 15.7. The first-order valence-electron chi connectivity index (χ1n) is 6.00. The van der Waals surface area contributed by atoms with Gasteiger partial charge in [0.2, 0.25) is 0 Å². The van der Waals surface area contributed by atoms with E-state index in [0.29, 0.717) is 0 Å². The Balaban J connectivity index is 2.28. The Morgan fingerprint density at radius 3 is 2.43 bits per heavy atom. The van der Waals surface area contributed by atoms with Crippen molar-refractivity contribution in [3.05, 3.63) is 23.0 Å². The van der Waals surface area contributed by atoms with Gasteiger partial charge in [-0.15, -0.1) is 0 Å². The van der Waals surface area contributed by atoms with Crippen molar-refractivity contribution in [2.75, 3.05) is 13.1 Å². The van der Waals surface area contributed by atoms with E-state index in [1.165, 1.54) is 23.9 Å². The fourth-order valence-corrected chi connectivity index (χ4v) is 2.66. The molecule has 1 aromatic heterocycles. The first-order valence-corrected chi connectivity index (χ1v) is 6.37. The smallest absolute Gasteiger partial charge is 0.406 e. The molecule has 2 rings (SSSR count). The summed E-state index contributed by atoms with van der Waals surface area (Å²) in [4.78, 5) is 24.2. The fourth-order valence-electron chi connectivity index (χ4n) is 2.41. The first-order chi connectivity index (χ1) is 9.58. The number of carbonyl (C=O) groups excluding carboxylic acids is 1. The average molecular weight is 325 g/mol. The lowest BCUT2D eigenvalue weighted by Gasteiger charge is -2.27. The van der Waals surface area contributed by atoms with Gasteiger partial charge in [-0.1, -0.05) is 11.6 Å². The molecule has 116 valence electrons. The summed E-state index contributed by atoms with van der Waals surface area (Å²) in [6.07, 6.45) is -4.13. The summed E-state index contributed by atoms with van der Waals surface area (Å²) in [6.45, 7) is -1.17. The third-order valence-electron chi connectivity index (χ3n) is 3.70. The Labute approximate surface area is 122 Å². The molecule has 0 unspecified atom stereocenters. The van der Waals surface area contributed by atoms with Gasteiger partial charge in [0.25, 0.3) is 5.91 Å². The normalized spacial score (nSPS) is 22.6. The van der Waals surface area contributed by atoms with Gasteiger partial charge >= 0.3 is 12.1 Å². The molecule has 0 spiro atoms. The van der Waals surface area contributed by atoms with Crippen LogP contribution in [0.2, 0.25) is 5.02 Å². The standard InChI is InChI=1S/C12H12ClF3N2O3/c1-17-5-7(13)4-8(17)9(19)18-3-2-11(6-18,10(20)21)12(14,15)16/h4-5H,2-3,6H2,1H3,(H,20,21)/t11-/m0/s1. The number of aryl methyl sites for hydroxylation is 1. The number of hydrogen-bond donors (Lipinski definition) is 1. The highest BCUT2D eigenvalue weighted by Gasteiger charge is 2.64. The molecule has 1 fully saturated rings. The molecule has 1 aromatic rings. The number of rotatable bonds is 2. The minimum atomic E-state index is -4.92. The molecule has 1 amide bonds. The molecule has 1 aliphatic rings. The van der Waals surface area contributed by atoms with E-state index < -0.39 is 36.4 Å². The Hall–Kier alpha value is -1.70. The van der Waals surface area contributed by atoms with Crippen LogP contribution in [0.5, 0.6) is 0 Å². The molecule has 0 bridgehead atoms. The molecule has 0 saturated carbocycles. The Kier molecular flexibility index (Phi) is 3.69. The Bertz CT molecular complexity index is 599. The number of carbonyl (C=O) groups is 2. The lowest BCUT2D eigenvalue weighted by Crippen LogP contribution is -2.47. The van der Waals surface area contributed by atoms with Crippen molar-refractivity contribution in [2.24, 2.45) is 12.5 Å². The molecule has 0 aliphatic carbocycles. The zero-order valence-corrected chi connectivity index (χ0v) is 11.7. The van der Waals surface area contributed by atoms with Crippen LogP contribution in [-0.4, -0.2) is 45.7 Å². The second kappa shape index (κ2) is 4.94. The molecule has 2 heterocycles. The highest BCUT2D eigenvalue weighted by atomic mass is 35.5. The van der Waals surface area contributed by atoms with E-state index in [-0.39, 0.29) is 17.3 Å². The number of nitrogens with zero attached hydrogens (tertiary/aromatic N) is 2. The van der Waals surface area contributed by atoms with E-state index in [4.69, 9.17) is 16.7 Å². The third-order valence-corrected chi connectivity index (χ3v) is 3.91. The van der Waals surface area contributed by atoms with Gasteiger partial charge in [0, 0.05) is 26.3 Å². The van der Waals surface area contributed by atoms with Crippen LogP contribution >= 0.6 is 11.6 Å². The van der Waals surface area contributed by atoms with Crippen molar-refractivity contribution in [3.8, 4) is 0 Å². The van der Waals surface area contributed by atoms with Gasteiger partial charge < -0.3 is 14.6 Å². The molecular weight excluding hydrogens is 313 g/mol. The maximum atomic E-state index is 13.0. The number of amides is 1. The van der Waals surface area contributed by atoms with Crippen molar-refractivity contribution in [2.45, 2.75) is 12.6 Å². The molecule has 1 atom stereocenters. The molecule has 9 heteroatoms. The zero-order valence-electron chi connectivity index (χ0n) is 10.9. The molecule has 0 radical (unpaired) electrons. The van der Waals surface area contributed by atoms with E-state index in [9.17, 15) is 22.8 Å². The van der Waals surface area contributed by atoms with E-state index in [0.717, 1.165) is 4.90 Å². The van der Waals surface area contributed by atoms with Crippen molar-refractivity contribution in [1.82, 2.24) is 9.47 Å². The lowest BCUT2D eigenvalue weighted by molar-refractivity contribution is -0.227. The van der Waals surface area contributed by atoms with Gasteiger partial charge in [-0.25, -0.2) is 0 Å². The number of halogens is 4. The number of carboxylic acid groups (broad SMARTS) is 1. The molecule has 1 saturated heterocycles. The molecule has 21 heavy (non-hydrogen) atoms. The third kappa shape index (κ3) is 2.48. The summed E-state index contributed by atoms with van der Waals surface area (Å²) in [5, 5.41) is 9.22. The number of likely N-dealkylation sites (tertiary alicyclic amines) is 1. The van der Waals surface area contributed by atoms with Crippen molar-refractivity contribution >= 4 is 23.5 Å². The molecule has 1 aliphatic heterocycles. The summed E-state index contributed by atoms with van der Waals surface area (Å²) < 4.78 is 40.5. The highest BCUT2D eigenvalue weighted by molar-refractivity contribution is 6.31. The number of hydrogen-bond acceptors (Lipinski definition) is 2. The second-order valence-corrected chi connectivity index (χ2v) is 5.45. The summed E-state index contributed by atoms with van der Waals surface area (Å²) in [7, 11) is 1.53. The van der Waals surface area contributed by atoms with Gasteiger partial charge in [0.05, 0.1) is 5.02 Å². The van der Waals surface area contributed by atoms with Gasteiger partial charge in [-0.05, 0) is 12.5 Å². The predicted octanol–water partition coefficient (Wildman–Crippen LogP) is 2.16. The fraction of sp³-hybridized carbons (Fsp3) is 0.500. The topological polar surface area (TPSA) is 62.5 Å². The van der Waals surface area contributed by atoms with Crippen molar-refractivity contribution in [1.29, 1.82) is 0 Å². The largest absolute Gasteiger partial charge is 0.481 e. The number of aliphatic carboxylic acids is 1. The van der Waals surface area contributed by atoms with E-state index in [2.05, 4.69) is 0 Å². The molecule has 5 nitrogen and oxygen atoms in total. The lowest BCUT2D eigenvalue weighted by atomic mass is 9.86. The second-order valence-electron chi connectivity index (χ2n) is 5.02. The van der Waals surface area contributed by atoms with Crippen LogP contribution in [0.1, 0.15) is 16.9 Å². The maximum absolute atomic E-state index is 13.0. The van der Waals surface area contributed by atoms with Crippen LogP contribution in [0.25, 0.3) is 0 Å². The van der Waals surface area contributed by atoms with Crippen LogP contribution in [0.15, 0.2) is 12.3 Å². The highest BCUT2D eigenvalue weighted by Crippen LogP contribution is 2.46. The van der Waals surface area contributed by atoms with Gasteiger partial charge in [-0.3, -0.25) is 9.59 Å². The Morgan fingerprint density at radius 2 is 2.05 bits per heavy atom. The quantitative estimate of drug-likeness (QED) is 0.906. The molecule has 1 N–H and O–H groups in total. The van der Waals surface area contributed by atoms with Gasteiger partial charge in [0.15, 0.2) is 5.41 Å². The SMILES string of the molecule is Cn1cc(Cl)cc1C(=O)N1CC[C@](C(=O)O)(C(F)(F)F)C1. The van der Waals surface area contributed by atoms with Crippen molar-refractivity contribution < 1.29 is 27.9 Å². The summed E-state index contributed by atoms with van der Waals surface area (Å²) in [5.41, 5.74) is -2.79. The monoisotopic (exact) mass is 324 g/mol. The summed E-state index contributed by atoms with van der Waals surface area (Å²) in [5.74, 6) is -2.63. The van der Waals surface area contributed by atoms with E-state index >= 15 is 0 Å². The molecular formula is C12H12ClF3N2O3. The average Bonchev–Trinajstić information content (AvgIpc) is 2.92. The number of aromatic nitrogens is 1. The predicted molar refractivity (Wildman–Crippen MR) is 67.1 cm³/mol. The maximum Gasteiger partial charge on any atom is 0.406 e. The van der Waals surface area contributed by atoms with E-state index in [1.54, 1.807) is 0 Å². The summed E-state index contributed by atoms with van der Waals surface area (Å²) >= 11 is 5.73. The minimum Gasteiger partial charge on any atom is -0.481 e. The van der Waals surface area contributed by atoms with Crippen LogP contribution in [0.4, 0.5) is 13.2 Å². The van der Waals surface area contributed by atoms with Crippen molar-refractivity contribution in [3.63, 3.8) is 0 Å². The van der Waals surface area contributed by atoms with Crippen LogP contribution in [0.3, 0.4) is 0 Å². The zero-order chi connectivity index (χ0) is 16.0. The number of alkyl halides is 3. The minimum absolute atomic E-state index is 0.114. The molecule has 0 aromatic carbocycles. The van der Waals surface area contributed by atoms with Crippen LogP contribution in [0, 0.1) is 5.41 Å². The van der Waals surface area contributed by atoms with E-state index in [1.807, 2.05) is 0 Å².